The summed E-state index contributed by atoms with van der Waals surface area (Å²) in [6.45, 7) is 2.56. The van der Waals surface area contributed by atoms with Crippen LogP contribution in [-0.2, 0) is 12.8 Å². The van der Waals surface area contributed by atoms with E-state index in [1.54, 1.807) is 24.0 Å². The molecule has 1 fully saturated rings. The summed E-state index contributed by atoms with van der Waals surface area (Å²) in [5.74, 6) is 2.44. The van der Waals surface area contributed by atoms with Crippen molar-refractivity contribution in [3.05, 3.63) is 36.0 Å². The third kappa shape index (κ3) is 5.41. The minimum Gasteiger partial charge on any atom is -0.455 e. The summed E-state index contributed by atoms with van der Waals surface area (Å²) in [4.78, 5) is 18.6. The summed E-state index contributed by atoms with van der Waals surface area (Å²) in [6, 6.07) is 3.66. The molecule has 3 rings (SSSR count). The molecule has 1 saturated heterocycles. The molecule has 0 radical (unpaired) electrons. The molecule has 1 aliphatic rings. The van der Waals surface area contributed by atoms with Crippen molar-refractivity contribution >= 4 is 42.5 Å². The smallest absolute Gasteiger partial charge is 0.289 e. The largest absolute Gasteiger partial charge is 0.455 e. The van der Waals surface area contributed by atoms with Gasteiger partial charge in [0.05, 0.1) is 5.75 Å². The van der Waals surface area contributed by atoms with Gasteiger partial charge >= 0.3 is 0 Å². The summed E-state index contributed by atoms with van der Waals surface area (Å²) in [5.41, 5.74) is 0. The van der Waals surface area contributed by atoms with Crippen LogP contribution in [0.3, 0.4) is 0 Å². The second kappa shape index (κ2) is 10.1. The molecular formula is C16H24Cl2N4O2S. The number of imidazole rings is 1. The predicted octanol–water partition coefficient (Wildman–Crippen LogP) is 2.83. The van der Waals surface area contributed by atoms with Crippen LogP contribution in [0.25, 0.3) is 0 Å². The van der Waals surface area contributed by atoms with Gasteiger partial charge in [-0.1, -0.05) is 11.8 Å². The molecule has 1 aliphatic heterocycles. The van der Waals surface area contributed by atoms with E-state index in [0.29, 0.717) is 17.4 Å². The van der Waals surface area contributed by atoms with Crippen LogP contribution in [0.5, 0.6) is 0 Å². The zero-order chi connectivity index (χ0) is 16.2. The van der Waals surface area contributed by atoms with Gasteiger partial charge < -0.3 is 19.2 Å². The summed E-state index contributed by atoms with van der Waals surface area (Å²) >= 11 is 1.60. The van der Waals surface area contributed by atoms with Crippen LogP contribution in [0.2, 0.25) is 0 Å². The van der Waals surface area contributed by atoms with Gasteiger partial charge in [0.25, 0.3) is 5.91 Å². The molecule has 0 aromatic carbocycles. The number of hydrogen-bond donors (Lipinski definition) is 1. The molecule has 25 heavy (non-hydrogen) atoms. The third-order valence-electron chi connectivity index (χ3n) is 4.06. The number of nitrogens with one attached hydrogen (secondary N) is 1. The predicted molar refractivity (Wildman–Crippen MR) is 104 cm³/mol. The van der Waals surface area contributed by atoms with E-state index in [1.807, 2.05) is 35.8 Å². The Balaban J connectivity index is 0.00000156. The van der Waals surface area contributed by atoms with Gasteiger partial charge in [0.2, 0.25) is 0 Å². The zero-order valence-electron chi connectivity index (χ0n) is 14.3. The molecule has 1 unspecified atom stereocenters. The number of aromatic nitrogens is 2. The average Bonchev–Trinajstić information content (AvgIpc) is 3.26. The number of carbonyl (C=O) groups excluding carboxylic acids is 1. The first-order valence-electron chi connectivity index (χ1n) is 7.80. The Hall–Kier alpha value is -1.15. The number of carbonyl (C=O) groups is 1. The highest BCUT2D eigenvalue weighted by Gasteiger charge is 2.28. The van der Waals surface area contributed by atoms with E-state index in [4.69, 9.17) is 4.42 Å². The van der Waals surface area contributed by atoms with Crippen LogP contribution in [0.4, 0.5) is 0 Å². The van der Waals surface area contributed by atoms with Crippen molar-refractivity contribution in [2.24, 2.45) is 13.0 Å². The topological polar surface area (TPSA) is 63.3 Å². The number of thioether (sulfide) groups is 1. The van der Waals surface area contributed by atoms with Crippen molar-refractivity contribution in [2.45, 2.75) is 17.3 Å². The Morgan fingerprint density at radius 1 is 1.44 bits per heavy atom. The number of rotatable bonds is 6. The van der Waals surface area contributed by atoms with Crippen molar-refractivity contribution in [1.82, 2.24) is 19.8 Å². The second-order valence-electron chi connectivity index (χ2n) is 5.84. The SMILES string of the molecule is CNCC1CCN(C(=O)c2ccc(CSc3nccn3C)o2)C1.Cl.Cl. The second-order valence-corrected chi connectivity index (χ2v) is 6.78. The van der Waals surface area contributed by atoms with Gasteiger partial charge in [-0.25, -0.2) is 4.98 Å². The fourth-order valence-electron chi connectivity index (χ4n) is 2.83. The zero-order valence-corrected chi connectivity index (χ0v) is 16.8. The van der Waals surface area contributed by atoms with Crippen LogP contribution < -0.4 is 5.32 Å². The number of amides is 1. The maximum absolute atomic E-state index is 12.5. The van der Waals surface area contributed by atoms with Gasteiger partial charge in [0, 0.05) is 32.5 Å². The van der Waals surface area contributed by atoms with E-state index >= 15 is 0 Å². The molecule has 2 aromatic rings. The lowest BCUT2D eigenvalue weighted by Gasteiger charge is -2.14. The molecule has 0 aliphatic carbocycles. The monoisotopic (exact) mass is 406 g/mol. The van der Waals surface area contributed by atoms with E-state index < -0.39 is 0 Å². The summed E-state index contributed by atoms with van der Waals surface area (Å²) in [6.07, 6.45) is 4.73. The van der Waals surface area contributed by atoms with Crippen LogP contribution in [0.15, 0.2) is 34.1 Å². The number of aryl methyl sites for hydroxylation is 1. The Bertz CT molecular complexity index is 677. The lowest BCUT2D eigenvalue weighted by atomic mass is 10.1. The fourth-order valence-corrected chi connectivity index (χ4v) is 3.65. The highest BCUT2D eigenvalue weighted by molar-refractivity contribution is 7.98. The Morgan fingerprint density at radius 2 is 2.24 bits per heavy atom. The summed E-state index contributed by atoms with van der Waals surface area (Å²) in [7, 11) is 3.91. The number of hydrogen-bond acceptors (Lipinski definition) is 5. The Labute approximate surface area is 164 Å². The number of likely N-dealkylation sites (tertiary alicyclic amines) is 1. The number of nitrogens with zero attached hydrogens (tertiary/aromatic N) is 3. The Kier molecular flexibility index (Phi) is 8.85. The van der Waals surface area contributed by atoms with Crippen LogP contribution >= 0.6 is 36.6 Å². The normalized spacial score (nSPS) is 16.4. The van der Waals surface area contributed by atoms with Gasteiger partial charge in [0.1, 0.15) is 5.76 Å². The number of halogens is 2. The molecule has 9 heteroatoms. The first kappa shape index (κ1) is 21.9. The quantitative estimate of drug-likeness (QED) is 0.747. The minimum atomic E-state index is -0.00292. The van der Waals surface area contributed by atoms with Crippen molar-refractivity contribution in [2.75, 3.05) is 26.7 Å². The molecule has 2 aromatic heterocycles. The van der Waals surface area contributed by atoms with E-state index in [-0.39, 0.29) is 30.7 Å². The van der Waals surface area contributed by atoms with Gasteiger partial charge in [-0.3, -0.25) is 4.79 Å². The molecule has 0 spiro atoms. The highest BCUT2D eigenvalue weighted by Crippen LogP contribution is 2.23. The summed E-state index contributed by atoms with van der Waals surface area (Å²) in [5, 5.41) is 4.11. The van der Waals surface area contributed by atoms with Crippen LogP contribution in [-0.4, -0.2) is 47.0 Å². The van der Waals surface area contributed by atoms with E-state index in [1.165, 1.54) is 0 Å². The van der Waals surface area contributed by atoms with Gasteiger partial charge in [-0.05, 0) is 38.1 Å². The molecule has 140 valence electrons. The molecular weight excluding hydrogens is 383 g/mol. The van der Waals surface area contributed by atoms with Gasteiger partial charge in [-0.15, -0.1) is 24.8 Å². The maximum Gasteiger partial charge on any atom is 0.289 e. The highest BCUT2D eigenvalue weighted by atomic mass is 35.5. The van der Waals surface area contributed by atoms with E-state index in [9.17, 15) is 4.79 Å². The van der Waals surface area contributed by atoms with Crippen molar-refractivity contribution in [3.63, 3.8) is 0 Å². The number of furan rings is 1. The lowest BCUT2D eigenvalue weighted by molar-refractivity contribution is 0.0754. The molecule has 6 nitrogen and oxygen atoms in total. The summed E-state index contributed by atoms with van der Waals surface area (Å²) < 4.78 is 7.69. The molecule has 1 amide bonds. The van der Waals surface area contributed by atoms with Gasteiger partial charge in [-0.2, -0.15) is 0 Å². The van der Waals surface area contributed by atoms with Gasteiger partial charge in [0.15, 0.2) is 10.9 Å². The third-order valence-corrected chi connectivity index (χ3v) is 5.14. The average molecular weight is 407 g/mol. The molecule has 3 heterocycles. The van der Waals surface area contributed by atoms with Crippen LogP contribution in [0.1, 0.15) is 22.7 Å². The first-order valence-corrected chi connectivity index (χ1v) is 8.78. The van der Waals surface area contributed by atoms with E-state index in [2.05, 4.69) is 10.3 Å². The molecule has 0 bridgehead atoms. The van der Waals surface area contributed by atoms with Crippen LogP contribution in [0, 0.1) is 5.92 Å². The lowest BCUT2D eigenvalue weighted by Crippen LogP contribution is -2.30. The fraction of sp³-hybridized carbons (Fsp3) is 0.500. The molecule has 1 atom stereocenters. The minimum absolute atomic E-state index is 0. The van der Waals surface area contributed by atoms with E-state index in [0.717, 1.165) is 37.0 Å². The first-order chi connectivity index (χ1) is 11.2. The van der Waals surface area contributed by atoms with Crippen molar-refractivity contribution < 1.29 is 9.21 Å². The Morgan fingerprint density at radius 3 is 2.92 bits per heavy atom. The molecule has 1 N–H and O–H groups in total. The van der Waals surface area contributed by atoms with Crippen molar-refractivity contribution in [3.8, 4) is 0 Å². The maximum atomic E-state index is 12.5. The molecule has 0 saturated carbocycles. The van der Waals surface area contributed by atoms with Crippen molar-refractivity contribution in [1.29, 1.82) is 0 Å². The standard InChI is InChI=1S/C16H22N4O2S.2ClH/c1-17-9-12-5-7-20(10-12)15(21)14-4-3-13(22-14)11-23-16-18-6-8-19(16)2;;/h3-4,6,8,12,17H,5,7,9-11H2,1-2H3;2*1H.